The van der Waals surface area contributed by atoms with Crippen LogP contribution in [0.4, 0.5) is 13.2 Å². The van der Waals surface area contributed by atoms with Gasteiger partial charge in [-0.05, 0) is 30.7 Å². The van der Waals surface area contributed by atoms with Gasteiger partial charge in [0.25, 0.3) is 0 Å². The molecule has 1 aromatic rings. The Labute approximate surface area is 108 Å². The van der Waals surface area contributed by atoms with E-state index in [0.717, 1.165) is 25.5 Å². The van der Waals surface area contributed by atoms with Crippen LogP contribution in [0.1, 0.15) is 30.9 Å². The van der Waals surface area contributed by atoms with Crippen LogP contribution in [0, 0.1) is 0 Å². The van der Waals surface area contributed by atoms with E-state index in [1.807, 2.05) is 6.92 Å². The van der Waals surface area contributed by atoms with Gasteiger partial charge in [-0.3, -0.25) is 0 Å². The van der Waals surface area contributed by atoms with E-state index in [4.69, 9.17) is 0 Å². The summed E-state index contributed by atoms with van der Waals surface area (Å²) in [5, 5.41) is 3.02. The summed E-state index contributed by atoms with van der Waals surface area (Å²) in [6.45, 7) is 3.04. The van der Waals surface area contributed by atoms with Gasteiger partial charge in [0.2, 0.25) is 0 Å². The average Bonchev–Trinajstić information content (AvgIpc) is 2.25. The molecule has 0 aromatic heterocycles. The minimum atomic E-state index is -4.30. The van der Waals surface area contributed by atoms with Crippen LogP contribution < -0.4 is 5.32 Å². The summed E-state index contributed by atoms with van der Waals surface area (Å²) in [5.74, 6) is 0. The molecule has 96 valence electrons. The first-order valence-electron chi connectivity index (χ1n) is 5.51. The van der Waals surface area contributed by atoms with E-state index < -0.39 is 11.7 Å². The van der Waals surface area contributed by atoms with Gasteiger partial charge in [-0.1, -0.05) is 35.3 Å². The lowest BCUT2D eigenvalue weighted by Crippen LogP contribution is -2.18. The monoisotopic (exact) mass is 309 g/mol. The van der Waals surface area contributed by atoms with Crippen molar-refractivity contribution in [1.29, 1.82) is 0 Å². The summed E-state index contributed by atoms with van der Waals surface area (Å²) in [6.07, 6.45) is -2.30. The van der Waals surface area contributed by atoms with Gasteiger partial charge in [-0.2, -0.15) is 13.2 Å². The first-order valence-corrected chi connectivity index (χ1v) is 6.30. The van der Waals surface area contributed by atoms with Crippen LogP contribution in [-0.4, -0.2) is 6.54 Å². The van der Waals surface area contributed by atoms with Crippen molar-refractivity contribution < 1.29 is 13.2 Å². The molecule has 1 aromatic carbocycles. The number of hydrogen-bond donors (Lipinski definition) is 1. The molecule has 0 aliphatic heterocycles. The quantitative estimate of drug-likeness (QED) is 0.797. The van der Waals surface area contributed by atoms with Gasteiger partial charge in [0.1, 0.15) is 0 Å². The summed E-state index contributed by atoms with van der Waals surface area (Å²) in [6, 6.07) is 4.26. The van der Waals surface area contributed by atoms with E-state index in [1.54, 1.807) is 6.07 Å². The molecule has 0 aliphatic carbocycles. The Hall–Kier alpha value is -0.550. The third-order valence-electron chi connectivity index (χ3n) is 2.40. The molecule has 1 rings (SSSR count). The Morgan fingerprint density at radius 1 is 1.29 bits per heavy atom. The van der Waals surface area contributed by atoms with Gasteiger partial charge >= 0.3 is 6.18 Å². The first kappa shape index (κ1) is 14.5. The third-order valence-corrected chi connectivity index (χ3v) is 2.89. The van der Waals surface area contributed by atoms with E-state index in [9.17, 15) is 13.2 Å². The summed E-state index contributed by atoms with van der Waals surface area (Å²) >= 11 is 3.06. The van der Waals surface area contributed by atoms with E-state index in [0.29, 0.717) is 4.47 Å². The van der Waals surface area contributed by atoms with Crippen molar-refractivity contribution in [3.05, 3.63) is 33.8 Å². The molecular formula is C12H15BrF3N. The highest BCUT2D eigenvalue weighted by Gasteiger charge is 2.33. The third kappa shape index (κ3) is 4.68. The molecule has 17 heavy (non-hydrogen) atoms. The molecule has 0 saturated heterocycles. The summed E-state index contributed by atoms with van der Waals surface area (Å²) in [5.41, 5.74) is -0.285. The second-order valence-electron chi connectivity index (χ2n) is 3.83. The Bertz CT molecular complexity index is 363. The van der Waals surface area contributed by atoms with E-state index in [2.05, 4.69) is 21.2 Å². The topological polar surface area (TPSA) is 12.0 Å². The highest BCUT2D eigenvalue weighted by Crippen LogP contribution is 2.33. The molecule has 1 nitrogen and oxygen atoms in total. The van der Waals surface area contributed by atoms with Crippen molar-refractivity contribution >= 4 is 15.9 Å². The predicted molar refractivity (Wildman–Crippen MR) is 65.8 cm³/mol. The number of halogens is 4. The smallest absolute Gasteiger partial charge is 0.313 e. The van der Waals surface area contributed by atoms with Crippen molar-refractivity contribution in [3.8, 4) is 0 Å². The fourth-order valence-electron chi connectivity index (χ4n) is 1.49. The van der Waals surface area contributed by atoms with Crippen LogP contribution in [0.25, 0.3) is 0 Å². The Balaban J connectivity index is 2.77. The van der Waals surface area contributed by atoms with Gasteiger partial charge < -0.3 is 5.32 Å². The lowest BCUT2D eigenvalue weighted by molar-refractivity contribution is -0.138. The number of hydrogen-bond acceptors (Lipinski definition) is 1. The molecule has 0 radical (unpaired) electrons. The number of benzene rings is 1. The van der Waals surface area contributed by atoms with Crippen molar-refractivity contribution in [3.63, 3.8) is 0 Å². The molecule has 0 heterocycles. The average molecular weight is 310 g/mol. The van der Waals surface area contributed by atoms with E-state index in [-0.39, 0.29) is 12.1 Å². The van der Waals surface area contributed by atoms with Crippen LogP contribution in [0.15, 0.2) is 22.7 Å². The van der Waals surface area contributed by atoms with Crippen LogP contribution >= 0.6 is 15.9 Å². The molecule has 0 amide bonds. The van der Waals surface area contributed by atoms with Crippen LogP contribution in [0.5, 0.6) is 0 Å². The van der Waals surface area contributed by atoms with Gasteiger partial charge in [-0.25, -0.2) is 0 Å². The van der Waals surface area contributed by atoms with Crippen molar-refractivity contribution in [2.24, 2.45) is 0 Å². The standard InChI is InChI=1S/C12H15BrF3N/c1-2-3-6-17-8-9-4-5-10(13)7-11(9)12(14,15)16/h4-5,7,17H,2-3,6,8H2,1H3. The van der Waals surface area contributed by atoms with Crippen molar-refractivity contribution in [2.75, 3.05) is 6.54 Å². The molecule has 1 N–H and O–H groups in total. The minimum absolute atomic E-state index is 0.252. The van der Waals surface area contributed by atoms with Crippen LogP contribution in [0.2, 0.25) is 0 Å². The highest BCUT2D eigenvalue weighted by atomic mass is 79.9. The van der Waals surface area contributed by atoms with Crippen LogP contribution in [-0.2, 0) is 12.7 Å². The SMILES string of the molecule is CCCCNCc1ccc(Br)cc1C(F)(F)F. The number of unbranched alkanes of at least 4 members (excludes halogenated alkanes) is 1. The van der Waals surface area contributed by atoms with Crippen molar-refractivity contribution in [1.82, 2.24) is 5.32 Å². The molecule has 0 spiro atoms. The zero-order valence-corrected chi connectivity index (χ0v) is 11.2. The highest BCUT2D eigenvalue weighted by molar-refractivity contribution is 9.10. The summed E-state index contributed by atoms with van der Waals surface area (Å²) in [4.78, 5) is 0. The molecule has 0 saturated carbocycles. The number of alkyl halides is 3. The number of rotatable bonds is 5. The normalized spacial score (nSPS) is 11.8. The fourth-order valence-corrected chi connectivity index (χ4v) is 1.85. The van der Waals surface area contributed by atoms with Crippen LogP contribution in [0.3, 0.4) is 0 Å². The maximum atomic E-state index is 12.8. The Morgan fingerprint density at radius 3 is 2.59 bits per heavy atom. The first-order chi connectivity index (χ1) is 7.95. The summed E-state index contributed by atoms with van der Waals surface area (Å²) < 4.78 is 38.7. The van der Waals surface area contributed by atoms with Gasteiger partial charge in [0.15, 0.2) is 0 Å². The largest absolute Gasteiger partial charge is 0.416 e. The van der Waals surface area contributed by atoms with Gasteiger partial charge in [0, 0.05) is 11.0 Å². The van der Waals surface area contributed by atoms with Gasteiger partial charge in [-0.15, -0.1) is 0 Å². The van der Waals surface area contributed by atoms with E-state index in [1.165, 1.54) is 6.07 Å². The minimum Gasteiger partial charge on any atom is -0.313 e. The van der Waals surface area contributed by atoms with Gasteiger partial charge in [0.05, 0.1) is 5.56 Å². The zero-order chi connectivity index (χ0) is 12.9. The molecular weight excluding hydrogens is 295 g/mol. The fraction of sp³-hybridized carbons (Fsp3) is 0.500. The lowest BCUT2D eigenvalue weighted by Gasteiger charge is -2.13. The summed E-state index contributed by atoms with van der Waals surface area (Å²) in [7, 11) is 0. The van der Waals surface area contributed by atoms with E-state index >= 15 is 0 Å². The Morgan fingerprint density at radius 2 is 2.00 bits per heavy atom. The maximum absolute atomic E-state index is 12.8. The molecule has 0 atom stereocenters. The zero-order valence-electron chi connectivity index (χ0n) is 9.57. The molecule has 0 aliphatic rings. The lowest BCUT2D eigenvalue weighted by atomic mass is 10.1. The molecule has 0 fully saturated rings. The second-order valence-corrected chi connectivity index (χ2v) is 4.75. The molecule has 5 heteroatoms. The van der Waals surface area contributed by atoms with Crippen molar-refractivity contribution in [2.45, 2.75) is 32.5 Å². The number of nitrogens with one attached hydrogen (secondary N) is 1. The predicted octanol–water partition coefficient (Wildman–Crippen LogP) is 4.36. The Kier molecular flexibility index (Phi) is 5.46. The molecule has 0 unspecified atom stereocenters. The second kappa shape index (κ2) is 6.40. The molecule has 0 bridgehead atoms. The maximum Gasteiger partial charge on any atom is 0.416 e.